The Bertz CT molecular complexity index is 2290. The number of rotatable bonds is 3. The lowest BCUT2D eigenvalue weighted by atomic mass is 9.60. The highest BCUT2D eigenvalue weighted by atomic mass is 19.2. The topological polar surface area (TPSA) is 0 Å². The maximum absolute atomic E-state index is 13.8. The maximum Gasteiger partial charge on any atom is 0.168 e. The van der Waals surface area contributed by atoms with E-state index in [1.165, 1.54) is 87.5 Å². The summed E-state index contributed by atoms with van der Waals surface area (Å²) in [5.74, 6) is -5.80. The average Bonchev–Trinajstić information content (AvgIpc) is 3.16. The molecule has 0 saturated heterocycles. The average molecular weight is 1030 g/mol. The highest BCUT2D eigenvalue weighted by Crippen LogP contribution is 2.48. The van der Waals surface area contributed by atoms with Crippen molar-refractivity contribution in [1.82, 2.24) is 0 Å². The highest BCUT2D eigenvalue weighted by Gasteiger charge is 2.41. The molecule has 420 valence electrons. The van der Waals surface area contributed by atoms with Gasteiger partial charge in [0.05, 0.1) is 5.56 Å². The lowest BCUT2D eigenvalue weighted by Crippen LogP contribution is -2.37. The van der Waals surface area contributed by atoms with E-state index in [1.807, 2.05) is 0 Å². The van der Waals surface area contributed by atoms with Crippen molar-refractivity contribution in [3.63, 3.8) is 0 Å². The van der Waals surface area contributed by atoms with Crippen LogP contribution in [0.1, 0.15) is 292 Å². The summed E-state index contributed by atoms with van der Waals surface area (Å²) in [7, 11) is 0. The van der Waals surface area contributed by atoms with Crippen LogP contribution in [0.4, 0.5) is 22.0 Å². The van der Waals surface area contributed by atoms with Gasteiger partial charge in [-0.3, -0.25) is 0 Å². The normalized spacial score (nSPS) is 13.5. The molecule has 4 rings (SSSR count). The molecule has 0 atom stereocenters. The lowest BCUT2D eigenvalue weighted by Gasteiger charge is -2.44. The summed E-state index contributed by atoms with van der Waals surface area (Å²) >= 11 is 0. The molecule has 74 heavy (non-hydrogen) atoms. The number of hydrogen-bond donors (Lipinski definition) is 0. The van der Waals surface area contributed by atoms with Crippen LogP contribution in [-0.4, -0.2) is 0 Å². The minimum absolute atomic E-state index is 0.103. The molecule has 0 heterocycles. The largest absolute Gasteiger partial charge is 0.239 e. The summed E-state index contributed by atoms with van der Waals surface area (Å²) in [6.45, 7) is 73.3. The Kier molecular flexibility index (Phi) is 21.2. The quantitative estimate of drug-likeness (QED) is 0.142. The van der Waals surface area contributed by atoms with Crippen LogP contribution in [0.15, 0.2) is 36.4 Å². The zero-order chi connectivity index (χ0) is 59.2. The fourth-order valence-corrected chi connectivity index (χ4v) is 10.1. The Hall–Kier alpha value is -3.47. The summed E-state index contributed by atoms with van der Waals surface area (Å²) in [6.07, 6.45) is 0. The van der Waals surface area contributed by atoms with Gasteiger partial charge in [0.25, 0.3) is 0 Å². The van der Waals surface area contributed by atoms with E-state index in [-0.39, 0.29) is 43.3 Å². The summed E-state index contributed by atoms with van der Waals surface area (Å²) in [4.78, 5) is 0. The van der Waals surface area contributed by atoms with Crippen molar-refractivity contribution >= 4 is 0 Å². The monoisotopic (exact) mass is 1030 g/mol. The zero-order valence-corrected chi connectivity index (χ0v) is 53.9. The molecule has 0 nitrogen and oxygen atoms in total. The Morgan fingerprint density at radius 1 is 0.324 bits per heavy atom. The summed E-state index contributed by atoms with van der Waals surface area (Å²) in [6, 6.07) is 14.1. The fourth-order valence-electron chi connectivity index (χ4n) is 10.1. The van der Waals surface area contributed by atoms with Crippen molar-refractivity contribution in [2.24, 2.45) is 5.41 Å². The van der Waals surface area contributed by atoms with Gasteiger partial charge in [0.1, 0.15) is 5.67 Å². The minimum atomic E-state index is -2.51. The van der Waals surface area contributed by atoms with Crippen LogP contribution >= 0.6 is 0 Å². The second-order valence-electron chi connectivity index (χ2n) is 31.1. The molecule has 0 saturated carbocycles. The van der Waals surface area contributed by atoms with Gasteiger partial charge in [0.2, 0.25) is 0 Å². The minimum Gasteiger partial charge on any atom is -0.239 e. The molecule has 0 aromatic heterocycles. The van der Waals surface area contributed by atoms with E-state index in [4.69, 9.17) is 0 Å². The number of halogens is 5. The van der Waals surface area contributed by atoms with Crippen LogP contribution in [0.3, 0.4) is 0 Å². The first kappa shape index (κ1) is 68.5. The summed E-state index contributed by atoms with van der Waals surface area (Å²) in [5, 5.41) is 0. The van der Waals surface area contributed by atoms with E-state index in [0.717, 1.165) is 13.8 Å². The van der Waals surface area contributed by atoms with Gasteiger partial charge in [-0.2, -0.15) is 0 Å². The zero-order valence-electron chi connectivity index (χ0n) is 53.9. The first-order valence-electron chi connectivity index (χ1n) is 27.4. The Labute approximate surface area is 453 Å². The van der Waals surface area contributed by atoms with E-state index in [2.05, 4.69) is 237 Å². The molecule has 4 aromatic rings. The molecule has 0 unspecified atom stereocenters. The third-order valence-electron chi connectivity index (χ3n) is 15.3. The molecule has 4 aromatic carbocycles. The van der Waals surface area contributed by atoms with E-state index in [9.17, 15) is 22.0 Å². The van der Waals surface area contributed by atoms with Gasteiger partial charge in [-0.05, 0) is 163 Å². The molecule has 0 bridgehead atoms. The maximum atomic E-state index is 13.8. The van der Waals surface area contributed by atoms with Crippen molar-refractivity contribution < 1.29 is 22.0 Å². The van der Waals surface area contributed by atoms with Gasteiger partial charge in [0, 0.05) is 5.56 Å². The molecule has 0 aliphatic rings. The van der Waals surface area contributed by atoms with E-state index in [0.29, 0.717) is 5.92 Å². The molecular formula is C69H109F5. The first-order chi connectivity index (χ1) is 32.4. The van der Waals surface area contributed by atoms with Crippen molar-refractivity contribution in [2.75, 3.05) is 0 Å². The van der Waals surface area contributed by atoms with Gasteiger partial charge in [-0.25, -0.2) is 22.0 Å². The van der Waals surface area contributed by atoms with Crippen LogP contribution in [0.2, 0.25) is 0 Å². The summed E-state index contributed by atoms with van der Waals surface area (Å²) < 4.78 is 68.6. The lowest BCUT2D eigenvalue weighted by molar-refractivity contribution is 0.198. The van der Waals surface area contributed by atoms with Gasteiger partial charge < -0.3 is 0 Å². The van der Waals surface area contributed by atoms with Crippen molar-refractivity contribution in [3.8, 4) is 0 Å². The molecule has 0 fully saturated rings. The van der Waals surface area contributed by atoms with Crippen LogP contribution in [0.25, 0.3) is 0 Å². The second-order valence-corrected chi connectivity index (χ2v) is 31.1. The standard InChI is InChI=1S/C25H44.C18H30.C13H15F5.C13H20/c1-21(2,3)17-15-19(23(7,8)9)20(16-18(17)22(4,5)6)25(13,14)24(10,11)12;1-11-12(2)16(18(8,9)10)14(4)13(3)15(11)17(5,6)7;1-12(2,3)6-8(14)10(16)7(13(4,5)18)11(17)9(6)15;1-10(2)11-6-8-12(9-7-11)13(3,4)5/h15-16H,1-14H3;1-10H3;1-5H3;6-10H,1-5H3. The Morgan fingerprint density at radius 2 is 0.581 bits per heavy atom. The molecule has 0 N–H and O–H groups in total. The van der Waals surface area contributed by atoms with Gasteiger partial charge in [-0.1, -0.05) is 230 Å². The van der Waals surface area contributed by atoms with E-state index >= 15 is 0 Å². The van der Waals surface area contributed by atoms with E-state index in [1.54, 1.807) is 0 Å². The second kappa shape index (κ2) is 22.9. The third-order valence-corrected chi connectivity index (χ3v) is 15.3. The number of alkyl halides is 1. The van der Waals surface area contributed by atoms with Crippen molar-refractivity contribution in [1.29, 1.82) is 0 Å². The van der Waals surface area contributed by atoms with Crippen LogP contribution < -0.4 is 0 Å². The van der Waals surface area contributed by atoms with Crippen LogP contribution in [0.5, 0.6) is 0 Å². The molecule has 0 aliphatic carbocycles. The Balaban J connectivity index is 0.000000505. The molecule has 0 aliphatic heterocycles. The predicted octanol–water partition coefficient (Wildman–Crippen LogP) is 22.3. The van der Waals surface area contributed by atoms with Crippen LogP contribution in [-0.2, 0) is 49.0 Å². The van der Waals surface area contributed by atoms with Gasteiger partial charge in [-0.15, -0.1) is 0 Å². The molecule has 5 heteroatoms. The van der Waals surface area contributed by atoms with Crippen molar-refractivity contribution in [3.05, 3.63) is 138 Å². The molecule has 0 spiro atoms. The smallest absolute Gasteiger partial charge is 0.168 e. The molecule has 0 radical (unpaired) electrons. The number of benzene rings is 4. The predicted molar refractivity (Wildman–Crippen MR) is 316 cm³/mol. The van der Waals surface area contributed by atoms with Gasteiger partial charge in [0.15, 0.2) is 23.3 Å². The SMILES string of the molecule is CC(C)(C)c1c(F)c(F)c(C(C)(C)F)c(F)c1F.CC(C)(C)c1cc(C(C)(C)C)c(C(C)(C)C(C)(C)C)cc1C(C)(C)C.CC(C)c1ccc(C(C)(C)C)cc1.Cc1c(C)c(C(C)(C)C)c(C)c(C)c1C(C)(C)C. The van der Waals surface area contributed by atoms with Gasteiger partial charge >= 0.3 is 0 Å². The third kappa shape index (κ3) is 16.5. The molecular weight excluding hydrogens is 924 g/mol. The van der Waals surface area contributed by atoms with E-state index < -0.39 is 45.5 Å². The van der Waals surface area contributed by atoms with Crippen LogP contribution in [0, 0.1) is 56.4 Å². The number of hydrogen-bond acceptors (Lipinski definition) is 0. The van der Waals surface area contributed by atoms with Crippen molar-refractivity contribution in [2.45, 2.75) is 290 Å². The fraction of sp³-hybridized carbons (Fsp3) is 0.652. The Morgan fingerprint density at radius 3 is 0.797 bits per heavy atom. The summed E-state index contributed by atoms with van der Waals surface area (Å²) in [5.41, 5.74) is 13.7. The molecule has 0 amide bonds. The highest BCUT2D eigenvalue weighted by molar-refractivity contribution is 5.55. The first-order valence-corrected chi connectivity index (χ1v) is 27.4.